The molecule has 1 fully saturated rings. The Hall–Kier alpha value is -3.26. The first-order valence-electron chi connectivity index (χ1n) is 9.51. The van der Waals surface area contributed by atoms with Gasteiger partial charge in [-0.05, 0) is 34.5 Å². The summed E-state index contributed by atoms with van der Waals surface area (Å²) in [6, 6.07) is 11.8. The fourth-order valence-corrected chi connectivity index (χ4v) is 6.97. The predicted octanol–water partition coefficient (Wildman–Crippen LogP) is 0.475. The van der Waals surface area contributed by atoms with Gasteiger partial charge in [-0.2, -0.15) is 5.21 Å². The van der Waals surface area contributed by atoms with Crippen molar-refractivity contribution in [1.82, 2.24) is 30.9 Å². The number of nitrogens with zero attached hydrogens (tertiary/aromatic N) is 4. The van der Waals surface area contributed by atoms with E-state index in [1.54, 1.807) is 30.5 Å². The van der Waals surface area contributed by atoms with E-state index in [0.717, 1.165) is 5.39 Å². The zero-order valence-corrected chi connectivity index (χ0v) is 18.1. The minimum Gasteiger partial charge on any atom is -0.314 e. The average molecular weight is 472 g/mol. The van der Waals surface area contributed by atoms with E-state index in [1.165, 1.54) is 6.07 Å². The minimum atomic E-state index is -4.51. The zero-order valence-electron chi connectivity index (χ0n) is 16.4. The van der Waals surface area contributed by atoms with Gasteiger partial charge in [0.1, 0.15) is 4.90 Å². The lowest BCUT2D eigenvalue weighted by atomic mass is 9.95. The molecule has 1 saturated heterocycles. The van der Waals surface area contributed by atoms with E-state index in [9.17, 15) is 16.8 Å². The molecule has 13 heteroatoms. The number of pyridine rings is 1. The highest BCUT2D eigenvalue weighted by atomic mass is 32.2. The van der Waals surface area contributed by atoms with Crippen LogP contribution in [-0.4, -0.2) is 60.8 Å². The van der Waals surface area contributed by atoms with Crippen molar-refractivity contribution in [1.29, 1.82) is 0 Å². The third kappa shape index (κ3) is 3.26. The van der Waals surface area contributed by atoms with Crippen LogP contribution < -0.4 is 10.5 Å². The smallest absolute Gasteiger partial charge is 0.240 e. The van der Waals surface area contributed by atoms with Gasteiger partial charge in [-0.1, -0.05) is 24.3 Å². The number of fused-ring (bicyclic) bond motifs is 1. The summed E-state index contributed by atoms with van der Waals surface area (Å²) in [6.07, 6.45) is 1.64. The number of nitrogens with two attached hydrogens (primary N) is 1. The van der Waals surface area contributed by atoms with Crippen LogP contribution in [0.2, 0.25) is 0 Å². The molecule has 1 aliphatic heterocycles. The van der Waals surface area contributed by atoms with E-state index in [0.29, 0.717) is 16.6 Å². The quantitative estimate of drug-likeness (QED) is 0.374. The summed E-state index contributed by atoms with van der Waals surface area (Å²) in [5.74, 6) is -0.0892. The number of aromatic amines is 1. The molecule has 0 saturated carbocycles. The number of nitrogens with one attached hydrogen (secondary N) is 2. The molecule has 164 valence electrons. The van der Waals surface area contributed by atoms with Crippen molar-refractivity contribution in [2.45, 2.75) is 15.0 Å². The van der Waals surface area contributed by atoms with Gasteiger partial charge in [0, 0.05) is 24.7 Å². The molecule has 0 amide bonds. The SMILES string of the molecule is NS(=O)(=O)c1c(S(=O)(=O)C2CNC2)ccc(-c2cccc3ncccc23)c1-c1nn[nH]n1. The van der Waals surface area contributed by atoms with Crippen molar-refractivity contribution in [2.75, 3.05) is 13.1 Å². The first-order valence-corrected chi connectivity index (χ1v) is 12.6. The number of H-pyrrole nitrogens is 1. The molecule has 3 heterocycles. The summed E-state index contributed by atoms with van der Waals surface area (Å²) in [5, 5.41) is 22.1. The fourth-order valence-electron chi connectivity index (χ4n) is 3.78. The van der Waals surface area contributed by atoms with Crippen molar-refractivity contribution in [3.63, 3.8) is 0 Å². The van der Waals surface area contributed by atoms with Crippen LogP contribution in [0.1, 0.15) is 0 Å². The van der Waals surface area contributed by atoms with Crippen LogP contribution in [0.15, 0.2) is 58.5 Å². The van der Waals surface area contributed by atoms with Crippen molar-refractivity contribution < 1.29 is 16.8 Å². The Morgan fingerprint density at radius 3 is 2.44 bits per heavy atom. The Morgan fingerprint density at radius 2 is 1.78 bits per heavy atom. The van der Waals surface area contributed by atoms with E-state index in [-0.39, 0.29) is 29.4 Å². The molecule has 32 heavy (non-hydrogen) atoms. The lowest BCUT2D eigenvalue weighted by Crippen LogP contribution is -2.51. The molecule has 2 aromatic heterocycles. The number of sulfonamides is 1. The van der Waals surface area contributed by atoms with Gasteiger partial charge in [-0.25, -0.2) is 22.0 Å². The van der Waals surface area contributed by atoms with E-state index in [4.69, 9.17) is 5.14 Å². The summed E-state index contributed by atoms with van der Waals surface area (Å²) in [7, 11) is -8.50. The van der Waals surface area contributed by atoms with Gasteiger partial charge in [0.05, 0.1) is 21.2 Å². The van der Waals surface area contributed by atoms with Crippen LogP contribution in [0.3, 0.4) is 0 Å². The van der Waals surface area contributed by atoms with Crippen LogP contribution in [0.25, 0.3) is 33.4 Å². The van der Waals surface area contributed by atoms with E-state index in [1.807, 2.05) is 12.1 Å². The Labute approximate surface area is 183 Å². The molecule has 0 atom stereocenters. The number of hydrogen-bond acceptors (Lipinski definition) is 9. The maximum absolute atomic E-state index is 13.2. The second kappa shape index (κ2) is 7.41. The second-order valence-electron chi connectivity index (χ2n) is 7.30. The molecule has 0 radical (unpaired) electrons. The molecule has 1 aliphatic rings. The van der Waals surface area contributed by atoms with Crippen molar-refractivity contribution in [2.24, 2.45) is 5.14 Å². The second-order valence-corrected chi connectivity index (χ2v) is 11.0. The van der Waals surface area contributed by atoms with Crippen LogP contribution in [-0.2, 0) is 19.9 Å². The van der Waals surface area contributed by atoms with Crippen molar-refractivity contribution in [3.8, 4) is 22.5 Å². The Morgan fingerprint density at radius 1 is 0.969 bits per heavy atom. The highest BCUT2D eigenvalue weighted by molar-refractivity contribution is 7.94. The van der Waals surface area contributed by atoms with Gasteiger partial charge < -0.3 is 5.32 Å². The normalized spacial score (nSPS) is 15.0. The maximum atomic E-state index is 13.2. The third-order valence-corrected chi connectivity index (χ3v) is 8.69. The topological polar surface area (TPSA) is 174 Å². The number of benzene rings is 2. The highest BCUT2D eigenvalue weighted by Gasteiger charge is 2.38. The third-order valence-electron chi connectivity index (χ3n) is 5.40. The van der Waals surface area contributed by atoms with Gasteiger partial charge in [0.25, 0.3) is 0 Å². The summed E-state index contributed by atoms with van der Waals surface area (Å²) in [5.41, 5.74) is 1.65. The van der Waals surface area contributed by atoms with Crippen LogP contribution in [0.5, 0.6) is 0 Å². The Balaban J connectivity index is 1.91. The molecule has 0 unspecified atom stereocenters. The number of aromatic nitrogens is 5. The molecular formula is C19H17N7O4S2. The monoisotopic (exact) mass is 471 g/mol. The summed E-state index contributed by atoms with van der Waals surface area (Å²) in [4.78, 5) is 3.40. The number of hydrogen-bond donors (Lipinski definition) is 3. The van der Waals surface area contributed by atoms with Gasteiger partial charge in [-0.3, -0.25) is 4.98 Å². The Kier molecular flexibility index (Phi) is 4.78. The molecular weight excluding hydrogens is 454 g/mol. The van der Waals surface area contributed by atoms with Gasteiger partial charge in [0.15, 0.2) is 9.84 Å². The highest BCUT2D eigenvalue weighted by Crippen LogP contribution is 2.41. The van der Waals surface area contributed by atoms with Crippen LogP contribution in [0, 0.1) is 0 Å². The summed E-state index contributed by atoms with van der Waals surface area (Å²) in [6.45, 7) is 0.446. The Bertz CT molecular complexity index is 1540. The maximum Gasteiger partial charge on any atom is 0.240 e. The van der Waals surface area contributed by atoms with Crippen molar-refractivity contribution in [3.05, 3.63) is 48.7 Å². The average Bonchev–Trinajstić information content (AvgIpc) is 3.24. The van der Waals surface area contributed by atoms with Crippen LogP contribution in [0.4, 0.5) is 0 Å². The summed E-state index contributed by atoms with van der Waals surface area (Å²) >= 11 is 0. The molecule has 0 spiro atoms. The number of primary sulfonamides is 1. The fraction of sp³-hybridized carbons (Fsp3) is 0.158. The van der Waals surface area contributed by atoms with Crippen molar-refractivity contribution >= 4 is 30.8 Å². The molecule has 11 nitrogen and oxygen atoms in total. The summed E-state index contributed by atoms with van der Waals surface area (Å²) < 4.78 is 52.0. The van der Waals surface area contributed by atoms with Gasteiger partial charge in [0.2, 0.25) is 15.8 Å². The lowest BCUT2D eigenvalue weighted by molar-refractivity contribution is 0.493. The standard InChI is InChI=1S/C19H17N7O4S2/c20-32(29,30)18-16(31(27,28)11-9-21-10-11)7-6-14(17(18)19-23-25-26-24-19)12-3-1-5-15-13(12)4-2-8-22-15/h1-8,11,21H,9-10H2,(H2,20,29,30)(H,23,24,25,26). The molecule has 0 aliphatic carbocycles. The largest absolute Gasteiger partial charge is 0.314 e. The molecule has 0 bridgehead atoms. The number of sulfone groups is 1. The lowest BCUT2D eigenvalue weighted by Gasteiger charge is -2.28. The first-order chi connectivity index (χ1) is 15.3. The molecule has 2 aromatic carbocycles. The van der Waals surface area contributed by atoms with Crippen LogP contribution >= 0.6 is 0 Å². The van der Waals surface area contributed by atoms with Gasteiger partial charge in [-0.15, -0.1) is 10.2 Å². The zero-order chi connectivity index (χ0) is 22.5. The minimum absolute atomic E-state index is 0.0361. The first kappa shape index (κ1) is 20.6. The van der Waals surface area contributed by atoms with E-state index in [2.05, 4.69) is 30.9 Å². The number of rotatable bonds is 5. The van der Waals surface area contributed by atoms with E-state index >= 15 is 0 Å². The molecule has 4 N–H and O–H groups in total. The molecule has 4 aromatic rings. The number of tetrazole rings is 1. The van der Waals surface area contributed by atoms with E-state index < -0.39 is 30.0 Å². The van der Waals surface area contributed by atoms with Gasteiger partial charge >= 0.3 is 0 Å². The molecule has 5 rings (SSSR count). The predicted molar refractivity (Wildman–Crippen MR) is 116 cm³/mol.